The lowest BCUT2D eigenvalue weighted by molar-refractivity contribution is 0.123. The number of fused-ring (bicyclic) bond motifs is 1. The summed E-state index contributed by atoms with van der Waals surface area (Å²) in [7, 11) is 0. The third-order valence-corrected chi connectivity index (χ3v) is 3.38. The van der Waals surface area contributed by atoms with E-state index in [1.54, 1.807) is 0 Å². The normalized spacial score (nSPS) is 18.9. The van der Waals surface area contributed by atoms with Gasteiger partial charge in [0.1, 0.15) is 0 Å². The molecule has 1 unspecified atom stereocenters. The number of hydrogen-bond acceptors (Lipinski definition) is 3. The quantitative estimate of drug-likeness (QED) is 0.790. The van der Waals surface area contributed by atoms with Crippen molar-refractivity contribution in [2.45, 2.75) is 25.4 Å². The van der Waals surface area contributed by atoms with Crippen molar-refractivity contribution in [1.82, 2.24) is 4.90 Å². The summed E-state index contributed by atoms with van der Waals surface area (Å²) in [6.07, 6.45) is 2.28. The maximum Gasteiger partial charge on any atom is 0.0599 e. The zero-order chi connectivity index (χ0) is 11.4. The molecule has 3 nitrogen and oxygen atoms in total. The minimum atomic E-state index is 0.103. The van der Waals surface area contributed by atoms with Crippen LogP contribution in [0.1, 0.15) is 17.5 Å². The molecular weight excluding hydrogens is 200 g/mol. The van der Waals surface area contributed by atoms with E-state index in [1.807, 2.05) is 0 Å². The highest BCUT2D eigenvalue weighted by Gasteiger charge is 2.19. The van der Waals surface area contributed by atoms with Crippen LogP contribution in [0.2, 0.25) is 0 Å². The lowest BCUT2D eigenvalue weighted by atomic mass is 10.0. The van der Waals surface area contributed by atoms with Gasteiger partial charge in [-0.2, -0.15) is 0 Å². The molecule has 0 spiro atoms. The number of hydrogen-bond donors (Lipinski definition) is 2. The monoisotopic (exact) mass is 220 g/mol. The Morgan fingerprint density at radius 3 is 2.75 bits per heavy atom. The minimum absolute atomic E-state index is 0.103. The molecule has 0 bridgehead atoms. The van der Waals surface area contributed by atoms with Crippen LogP contribution in [0.5, 0.6) is 0 Å². The second-order valence-electron chi connectivity index (χ2n) is 4.41. The zero-order valence-electron chi connectivity index (χ0n) is 9.60. The second-order valence-corrected chi connectivity index (χ2v) is 4.41. The maximum atomic E-state index is 9.30. The largest absolute Gasteiger partial charge is 0.395 e. The number of benzene rings is 1. The highest BCUT2D eigenvalue weighted by Crippen LogP contribution is 2.19. The Bertz CT molecular complexity index is 336. The van der Waals surface area contributed by atoms with E-state index in [9.17, 15) is 5.11 Å². The van der Waals surface area contributed by atoms with Crippen molar-refractivity contribution in [3.63, 3.8) is 0 Å². The molecule has 0 radical (unpaired) electrons. The molecule has 1 atom stereocenters. The summed E-state index contributed by atoms with van der Waals surface area (Å²) < 4.78 is 0. The topological polar surface area (TPSA) is 49.5 Å². The van der Waals surface area contributed by atoms with Crippen LogP contribution < -0.4 is 5.73 Å². The summed E-state index contributed by atoms with van der Waals surface area (Å²) >= 11 is 0. The van der Waals surface area contributed by atoms with Crippen LogP contribution in [-0.4, -0.2) is 35.7 Å². The molecule has 1 aliphatic heterocycles. The van der Waals surface area contributed by atoms with Crippen molar-refractivity contribution in [1.29, 1.82) is 0 Å². The Balaban J connectivity index is 2.16. The lowest BCUT2D eigenvalue weighted by Crippen LogP contribution is -2.42. The average molecular weight is 220 g/mol. The van der Waals surface area contributed by atoms with Crippen molar-refractivity contribution >= 4 is 0 Å². The Kier molecular flexibility index (Phi) is 3.93. The van der Waals surface area contributed by atoms with Crippen LogP contribution >= 0.6 is 0 Å². The fourth-order valence-electron chi connectivity index (χ4n) is 2.38. The molecule has 0 aromatic heterocycles. The summed E-state index contributed by atoms with van der Waals surface area (Å²) in [6, 6.07) is 8.67. The molecular formula is C13H20N2O. The third kappa shape index (κ3) is 2.43. The molecule has 3 N–H and O–H groups in total. The molecule has 0 saturated carbocycles. The van der Waals surface area contributed by atoms with Gasteiger partial charge in [0.25, 0.3) is 0 Å². The summed E-state index contributed by atoms with van der Waals surface area (Å²) in [4.78, 5) is 2.30. The molecule has 1 aromatic carbocycles. The Labute approximate surface area is 96.9 Å². The smallest absolute Gasteiger partial charge is 0.0599 e. The van der Waals surface area contributed by atoms with Crippen molar-refractivity contribution in [2.24, 2.45) is 5.73 Å². The molecule has 1 aromatic rings. The predicted molar refractivity (Wildman–Crippen MR) is 65.1 cm³/mol. The molecule has 2 rings (SSSR count). The predicted octanol–water partition coefficient (Wildman–Crippen LogP) is 0.754. The van der Waals surface area contributed by atoms with E-state index in [0.717, 1.165) is 25.9 Å². The lowest BCUT2D eigenvalue weighted by Gasteiger charge is -2.28. The van der Waals surface area contributed by atoms with Crippen molar-refractivity contribution < 1.29 is 5.11 Å². The first-order valence-corrected chi connectivity index (χ1v) is 5.97. The van der Waals surface area contributed by atoms with Gasteiger partial charge in [0.2, 0.25) is 0 Å². The van der Waals surface area contributed by atoms with Gasteiger partial charge in [-0.3, -0.25) is 4.90 Å². The van der Waals surface area contributed by atoms with Crippen LogP contribution in [-0.2, 0) is 13.0 Å². The summed E-state index contributed by atoms with van der Waals surface area (Å²) in [5.41, 5.74) is 8.51. The standard InChI is InChI=1S/C13H20N2O/c14-8-13(10-16)15-7-3-6-11-4-1-2-5-12(11)9-15/h1-2,4-5,13,16H,3,6-10,14H2. The van der Waals surface area contributed by atoms with E-state index < -0.39 is 0 Å². The fraction of sp³-hybridized carbons (Fsp3) is 0.538. The van der Waals surface area contributed by atoms with Gasteiger partial charge >= 0.3 is 0 Å². The van der Waals surface area contributed by atoms with Crippen LogP contribution in [0.25, 0.3) is 0 Å². The van der Waals surface area contributed by atoms with Gasteiger partial charge in [-0.1, -0.05) is 24.3 Å². The molecule has 88 valence electrons. The van der Waals surface area contributed by atoms with E-state index in [0.29, 0.717) is 6.54 Å². The van der Waals surface area contributed by atoms with E-state index in [4.69, 9.17) is 5.73 Å². The Morgan fingerprint density at radius 1 is 1.31 bits per heavy atom. The van der Waals surface area contributed by atoms with E-state index in [2.05, 4.69) is 29.2 Å². The average Bonchev–Trinajstić information content (AvgIpc) is 2.53. The van der Waals surface area contributed by atoms with E-state index in [1.165, 1.54) is 11.1 Å². The van der Waals surface area contributed by atoms with E-state index >= 15 is 0 Å². The molecule has 0 aliphatic carbocycles. The van der Waals surface area contributed by atoms with Gasteiger partial charge in [0.15, 0.2) is 0 Å². The summed E-state index contributed by atoms with van der Waals surface area (Å²) in [6.45, 7) is 2.62. The van der Waals surface area contributed by atoms with Gasteiger partial charge in [-0.05, 0) is 30.5 Å². The maximum absolute atomic E-state index is 9.30. The molecule has 16 heavy (non-hydrogen) atoms. The van der Waals surface area contributed by atoms with Gasteiger partial charge in [0, 0.05) is 19.1 Å². The molecule has 1 aliphatic rings. The van der Waals surface area contributed by atoms with Crippen LogP contribution in [0.15, 0.2) is 24.3 Å². The number of aryl methyl sites for hydroxylation is 1. The SMILES string of the molecule is NCC(CO)N1CCCc2ccccc2C1. The first-order chi connectivity index (χ1) is 7.85. The zero-order valence-corrected chi connectivity index (χ0v) is 9.60. The Hall–Kier alpha value is -0.900. The molecule has 0 fully saturated rings. The second kappa shape index (κ2) is 5.43. The van der Waals surface area contributed by atoms with Gasteiger partial charge in [-0.15, -0.1) is 0 Å². The number of rotatable bonds is 3. The van der Waals surface area contributed by atoms with Crippen molar-refractivity contribution in [2.75, 3.05) is 19.7 Å². The van der Waals surface area contributed by atoms with Gasteiger partial charge < -0.3 is 10.8 Å². The fourth-order valence-corrected chi connectivity index (χ4v) is 2.38. The van der Waals surface area contributed by atoms with Gasteiger partial charge in [-0.25, -0.2) is 0 Å². The first kappa shape index (κ1) is 11.6. The molecule has 0 saturated heterocycles. The highest BCUT2D eigenvalue weighted by atomic mass is 16.3. The van der Waals surface area contributed by atoms with Crippen LogP contribution in [0.3, 0.4) is 0 Å². The van der Waals surface area contributed by atoms with Crippen LogP contribution in [0, 0.1) is 0 Å². The Morgan fingerprint density at radius 2 is 2.06 bits per heavy atom. The third-order valence-electron chi connectivity index (χ3n) is 3.38. The summed E-state index contributed by atoms with van der Waals surface area (Å²) in [5, 5.41) is 9.30. The number of aliphatic hydroxyl groups excluding tert-OH is 1. The number of aliphatic hydroxyl groups is 1. The minimum Gasteiger partial charge on any atom is -0.395 e. The van der Waals surface area contributed by atoms with Crippen LogP contribution in [0.4, 0.5) is 0 Å². The molecule has 3 heteroatoms. The first-order valence-electron chi connectivity index (χ1n) is 5.97. The van der Waals surface area contributed by atoms with Crippen molar-refractivity contribution in [3.05, 3.63) is 35.4 Å². The van der Waals surface area contributed by atoms with E-state index in [-0.39, 0.29) is 12.6 Å². The molecule has 1 heterocycles. The highest BCUT2D eigenvalue weighted by molar-refractivity contribution is 5.28. The van der Waals surface area contributed by atoms with Crippen molar-refractivity contribution in [3.8, 4) is 0 Å². The molecule has 0 amide bonds. The van der Waals surface area contributed by atoms with Gasteiger partial charge in [0.05, 0.1) is 6.61 Å². The summed E-state index contributed by atoms with van der Waals surface area (Å²) in [5.74, 6) is 0. The number of nitrogens with zero attached hydrogens (tertiary/aromatic N) is 1. The number of nitrogens with two attached hydrogens (primary N) is 1.